The zero-order chi connectivity index (χ0) is 16.5. The van der Waals surface area contributed by atoms with Gasteiger partial charge in [-0.1, -0.05) is 54.6 Å². The summed E-state index contributed by atoms with van der Waals surface area (Å²) in [6, 6.07) is 31.3. The van der Waals surface area contributed by atoms with Gasteiger partial charge in [0.2, 0.25) is 0 Å². The van der Waals surface area contributed by atoms with Crippen molar-refractivity contribution < 1.29 is 9.23 Å². The maximum atomic E-state index is 4.22. The number of anilines is 3. The van der Waals surface area contributed by atoms with E-state index >= 15 is 0 Å². The number of rotatable bonds is 3. The first-order valence-corrected chi connectivity index (χ1v) is 7.61. The van der Waals surface area contributed by atoms with Gasteiger partial charge in [-0.25, -0.2) is 0 Å². The smallest absolute Gasteiger partial charge is 0.144 e. The highest BCUT2D eigenvalue weighted by Crippen LogP contribution is 2.33. The molecule has 3 aromatic carbocycles. The molecule has 0 aliphatic rings. The normalized spacial score (nSPS) is 8.92. The first-order valence-electron chi connectivity index (χ1n) is 7.61. The lowest BCUT2D eigenvalue weighted by Crippen LogP contribution is -2.09. The number of hydrogen-bond donors (Lipinski definition) is 0. The van der Waals surface area contributed by atoms with Crippen LogP contribution in [-0.2, 0) is 0 Å². The number of aromatic nitrogens is 2. The molecule has 0 radical (unpaired) electrons. The van der Waals surface area contributed by atoms with E-state index in [0.29, 0.717) is 0 Å². The van der Waals surface area contributed by atoms with E-state index in [1.807, 2.05) is 18.2 Å². The Morgan fingerprint density at radius 1 is 0.615 bits per heavy atom. The van der Waals surface area contributed by atoms with Gasteiger partial charge in [0.05, 0.1) is 14.6 Å². The third-order valence-electron chi connectivity index (χ3n) is 3.33. The van der Waals surface area contributed by atoms with Crippen LogP contribution in [-0.4, -0.2) is 18.8 Å². The van der Waals surface area contributed by atoms with Gasteiger partial charge in [-0.15, -0.1) is 5.10 Å². The summed E-state index contributed by atoms with van der Waals surface area (Å²) in [7, 11) is 0. The van der Waals surface area contributed by atoms with Gasteiger partial charge in [-0.3, -0.25) is 4.70 Å². The molecule has 6 heteroatoms. The van der Waals surface area contributed by atoms with Crippen molar-refractivity contribution in [2.75, 3.05) is 4.90 Å². The molecule has 0 fully saturated rings. The van der Waals surface area contributed by atoms with Gasteiger partial charge in [-0.05, 0) is 36.4 Å². The molecule has 4 aromatic rings. The molecule has 0 spiro atoms. The molecule has 0 amide bonds. The molecule has 0 aliphatic heterocycles. The average Bonchev–Trinajstić information content (AvgIpc) is 3.25. The summed E-state index contributed by atoms with van der Waals surface area (Å²) in [4.78, 5) is 2.25. The third-order valence-corrected chi connectivity index (χ3v) is 3.33. The Balaban J connectivity index is 0.000000421. The zero-order valence-corrected chi connectivity index (χ0v) is 13.5. The van der Waals surface area contributed by atoms with Crippen molar-refractivity contribution in [3.05, 3.63) is 103 Å². The minimum atomic E-state index is 0. The Labute approximate surface area is 154 Å². The molecular weight excluding hydrogens is 328 g/mol. The fourth-order valence-electron chi connectivity index (χ4n) is 2.31. The summed E-state index contributed by atoms with van der Waals surface area (Å²) in [6.07, 6.45) is 2.88. The van der Waals surface area contributed by atoms with E-state index in [4.69, 9.17) is 0 Å². The molecule has 4 rings (SSSR count). The Bertz CT molecular complexity index is 704. The number of nitrogens with zero attached hydrogens (tertiary/aromatic N) is 3. The van der Waals surface area contributed by atoms with Gasteiger partial charge in [-0.2, -0.15) is 0 Å². The van der Waals surface area contributed by atoms with Crippen LogP contribution < -0.4 is 4.90 Å². The summed E-state index contributed by atoms with van der Waals surface area (Å²) in [5, 5.41) is 6.40. The van der Waals surface area contributed by atoms with Crippen LogP contribution in [0.1, 0.15) is 0 Å². The van der Waals surface area contributed by atoms with E-state index in [9.17, 15) is 0 Å². The third kappa shape index (κ3) is 5.59. The molecule has 0 N–H and O–H groups in total. The monoisotopic (exact) mass is 349 g/mol. The predicted molar refractivity (Wildman–Crippen MR) is 108 cm³/mol. The molecule has 1 aromatic heterocycles. The van der Waals surface area contributed by atoms with Crippen molar-refractivity contribution in [2.24, 2.45) is 0 Å². The van der Waals surface area contributed by atoms with Crippen LogP contribution in [0.5, 0.6) is 0 Å². The van der Waals surface area contributed by atoms with Crippen molar-refractivity contribution in [1.82, 2.24) is 10.4 Å². The van der Waals surface area contributed by atoms with E-state index < -0.39 is 0 Å². The van der Waals surface area contributed by atoms with E-state index in [0.717, 1.165) is 0 Å². The lowest BCUT2D eigenvalue weighted by atomic mass is 10.2. The highest BCUT2D eigenvalue weighted by molar-refractivity contribution is 5.76. The van der Waals surface area contributed by atoms with Crippen LogP contribution >= 0.6 is 0 Å². The Morgan fingerprint density at radius 3 is 1.23 bits per heavy atom. The minimum absolute atomic E-state index is 0. The average molecular weight is 349 g/mol. The Kier molecular flexibility index (Phi) is 8.89. The number of benzene rings is 3. The summed E-state index contributed by atoms with van der Waals surface area (Å²) < 4.78 is 4.22. The maximum Gasteiger partial charge on any atom is 0.144 e. The topological polar surface area (TPSA) is 42.2 Å². The number of halogens is 1. The molecule has 0 unspecified atom stereocenters. The highest BCUT2D eigenvalue weighted by atomic mass is 19.0. The summed E-state index contributed by atoms with van der Waals surface area (Å²) in [5.41, 5.74) is 3.50. The molecular formula is C20H21BFN3O. The first-order chi connectivity index (χ1) is 11.9. The van der Waals surface area contributed by atoms with E-state index in [1.54, 1.807) is 0 Å². The molecule has 4 nitrogen and oxygen atoms in total. The van der Waals surface area contributed by atoms with Gasteiger partial charge < -0.3 is 9.42 Å². The van der Waals surface area contributed by atoms with Crippen molar-refractivity contribution >= 4 is 25.5 Å². The molecule has 0 saturated heterocycles. The number of hydrogen-bond acceptors (Lipinski definition) is 4. The van der Waals surface area contributed by atoms with Crippen LogP contribution in [0.25, 0.3) is 0 Å². The van der Waals surface area contributed by atoms with Gasteiger partial charge in [0, 0.05) is 22.3 Å². The van der Waals surface area contributed by atoms with Crippen LogP contribution in [0.2, 0.25) is 0 Å². The second kappa shape index (κ2) is 11.2. The number of para-hydroxylation sites is 3. The van der Waals surface area contributed by atoms with Crippen LogP contribution in [0.4, 0.5) is 21.8 Å². The molecule has 26 heavy (non-hydrogen) atoms. The molecule has 0 saturated carbocycles. The molecule has 0 aliphatic carbocycles. The van der Waals surface area contributed by atoms with Gasteiger partial charge in [0.15, 0.2) is 0 Å². The van der Waals surface area contributed by atoms with Crippen molar-refractivity contribution in [3.63, 3.8) is 0 Å². The van der Waals surface area contributed by atoms with Crippen LogP contribution in [0, 0.1) is 0 Å². The van der Waals surface area contributed by atoms with Gasteiger partial charge >= 0.3 is 0 Å². The lowest BCUT2D eigenvalue weighted by Gasteiger charge is -2.25. The molecule has 1 heterocycles. The van der Waals surface area contributed by atoms with Crippen molar-refractivity contribution in [2.45, 2.75) is 0 Å². The van der Waals surface area contributed by atoms with Crippen LogP contribution in [0.3, 0.4) is 0 Å². The lowest BCUT2D eigenvalue weighted by molar-refractivity contribution is 0.393. The Morgan fingerprint density at radius 2 is 1.00 bits per heavy atom. The standard InChI is InChI=1S/C18H15N.C2H2N2O.BH3.FH/c1-4-10-16(11-5-1)19(17-12-6-2-7-13-17)18-14-8-3-9-15-18;1-2-5-4-3-1;;/h1-15H;1-2H;1H3;1H. The predicted octanol–water partition coefficient (Wildman–Crippen LogP) is 4.19. The first kappa shape index (κ1) is 20.6. The molecule has 0 bridgehead atoms. The van der Waals surface area contributed by atoms with Crippen LogP contribution in [0.15, 0.2) is 108 Å². The quantitative estimate of drug-likeness (QED) is 0.520. The highest BCUT2D eigenvalue weighted by Gasteiger charge is 2.10. The molecule has 0 atom stereocenters. The van der Waals surface area contributed by atoms with E-state index in [2.05, 4.69) is 92.6 Å². The summed E-state index contributed by atoms with van der Waals surface area (Å²) >= 11 is 0. The summed E-state index contributed by atoms with van der Waals surface area (Å²) in [6.45, 7) is 0. The van der Waals surface area contributed by atoms with Crippen molar-refractivity contribution in [3.8, 4) is 0 Å². The fourth-order valence-corrected chi connectivity index (χ4v) is 2.31. The Hall–Kier alpha value is -3.41. The van der Waals surface area contributed by atoms with Gasteiger partial charge in [0.25, 0.3) is 0 Å². The van der Waals surface area contributed by atoms with Crippen molar-refractivity contribution in [1.29, 1.82) is 0 Å². The second-order valence-electron chi connectivity index (χ2n) is 4.93. The largest absolute Gasteiger partial charge is 0.346 e. The zero-order valence-electron chi connectivity index (χ0n) is 13.5. The van der Waals surface area contributed by atoms with E-state index in [-0.39, 0.29) is 13.1 Å². The van der Waals surface area contributed by atoms with E-state index in [1.165, 1.54) is 29.5 Å². The summed E-state index contributed by atoms with van der Waals surface area (Å²) in [5.74, 6) is 0. The van der Waals surface area contributed by atoms with Gasteiger partial charge in [0.1, 0.15) is 6.26 Å². The molecule has 132 valence electrons. The second-order valence-corrected chi connectivity index (χ2v) is 4.93. The maximum absolute atomic E-state index is 4.22. The minimum Gasteiger partial charge on any atom is -0.346 e. The SMILES string of the molecule is B.F.c1ccc(N(c2ccccc2)c2ccccc2)cc1.c1conn1. The fraction of sp³-hybridized carbons (Fsp3) is 0.